The Morgan fingerprint density at radius 3 is 2.86 bits per heavy atom. The fourth-order valence-corrected chi connectivity index (χ4v) is 2.16. The van der Waals surface area contributed by atoms with Gasteiger partial charge < -0.3 is 14.8 Å². The molecule has 0 spiro atoms. The number of ether oxygens (including phenoxy) is 2. The van der Waals surface area contributed by atoms with Crippen LogP contribution in [0.2, 0.25) is 0 Å². The first-order valence-electron chi connectivity index (χ1n) is 5.93. The fourth-order valence-electron chi connectivity index (χ4n) is 2.16. The van der Waals surface area contributed by atoms with Crippen LogP contribution in [0.3, 0.4) is 0 Å². The van der Waals surface area contributed by atoms with Gasteiger partial charge in [-0.25, -0.2) is 0 Å². The van der Waals surface area contributed by atoms with Gasteiger partial charge in [-0.2, -0.15) is 0 Å². The minimum absolute atomic E-state index is 0.0897. The second-order valence-corrected chi connectivity index (χ2v) is 4.24. The number of hydrogen-bond donors (Lipinski definition) is 1. The van der Waals surface area contributed by atoms with Crippen LogP contribution in [0.15, 0.2) is 0 Å². The van der Waals surface area contributed by atoms with Crippen LogP contribution in [0.4, 0.5) is 0 Å². The number of rotatable bonds is 2. The van der Waals surface area contributed by atoms with Crippen molar-refractivity contribution in [1.82, 2.24) is 5.32 Å². The zero-order chi connectivity index (χ0) is 9.64. The van der Waals surface area contributed by atoms with E-state index in [0.29, 0.717) is 6.10 Å². The van der Waals surface area contributed by atoms with Crippen LogP contribution >= 0.6 is 0 Å². The second kappa shape index (κ2) is 5.69. The predicted molar refractivity (Wildman–Crippen MR) is 55.2 cm³/mol. The Hall–Kier alpha value is -0.120. The summed E-state index contributed by atoms with van der Waals surface area (Å²) in [6, 6.07) is 0. The van der Waals surface area contributed by atoms with Gasteiger partial charge in [-0.15, -0.1) is 0 Å². The summed E-state index contributed by atoms with van der Waals surface area (Å²) in [5, 5.41) is 3.39. The summed E-state index contributed by atoms with van der Waals surface area (Å²) in [6.07, 6.45) is 7.62. The zero-order valence-corrected chi connectivity index (χ0v) is 8.84. The lowest BCUT2D eigenvalue weighted by Gasteiger charge is -2.27. The van der Waals surface area contributed by atoms with Crippen LogP contribution in [0.1, 0.15) is 38.5 Å². The molecule has 0 amide bonds. The molecule has 2 saturated heterocycles. The van der Waals surface area contributed by atoms with Gasteiger partial charge in [0, 0.05) is 6.61 Å². The molecule has 0 aromatic carbocycles. The lowest BCUT2D eigenvalue weighted by atomic mass is 10.1. The van der Waals surface area contributed by atoms with E-state index in [2.05, 4.69) is 5.32 Å². The van der Waals surface area contributed by atoms with E-state index < -0.39 is 0 Å². The lowest BCUT2D eigenvalue weighted by molar-refractivity contribution is -0.189. The van der Waals surface area contributed by atoms with Crippen molar-refractivity contribution >= 4 is 0 Å². The molecule has 2 aliphatic heterocycles. The largest absolute Gasteiger partial charge is 0.353 e. The van der Waals surface area contributed by atoms with E-state index in [-0.39, 0.29) is 6.29 Å². The Morgan fingerprint density at radius 1 is 1.00 bits per heavy atom. The van der Waals surface area contributed by atoms with E-state index >= 15 is 0 Å². The van der Waals surface area contributed by atoms with Crippen LogP contribution in [0, 0.1) is 0 Å². The highest BCUT2D eigenvalue weighted by atomic mass is 16.7. The molecule has 0 aromatic rings. The molecule has 2 unspecified atom stereocenters. The van der Waals surface area contributed by atoms with Gasteiger partial charge in [0.2, 0.25) is 0 Å². The minimum Gasteiger partial charge on any atom is -0.353 e. The molecule has 0 radical (unpaired) electrons. The number of hydrogen-bond acceptors (Lipinski definition) is 3. The first-order valence-corrected chi connectivity index (χ1v) is 5.93. The zero-order valence-electron chi connectivity index (χ0n) is 8.84. The maximum absolute atomic E-state index is 5.95. The summed E-state index contributed by atoms with van der Waals surface area (Å²) in [5.41, 5.74) is 0. The highest BCUT2D eigenvalue weighted by Crippen LogP contribution is 2.19. The third kappa shape index (κ3) is 3.23. The molecule has 2 atom stereocenters. The highest BCUT2D eigenvalue weighted by molar-refractivity contribution is 4.68. The topological polar surface area (TPSA) is 30.5 Å². The van der Waals surface area contributed by atoms with Crippen molar-refractivity contribution in [2.45, 2.75) is 50.9 Å². The molecule has 2 heterocycles. The minimum atomic E-state index is 0.0897. The van der Waals surface area contributed by atoms with E-state index in [1.807, 2.05) is 0 Å². The Kier molecular flexibility index (Phi) is 4.22. The molecule has 2 fully saturated rings. The van der Waals surface area contributed by atoms with Crippen molar-refractivity contribution in [3.63, 3.8) is 0 Å². The molecule has 2 aliphatic rings. The Morgan fingerprint density at radius 2 is 2.00 bits per heavy atom. The van der Waals surface area contributed by atoms with E-state index in [1.54, 1.807) is 0 Å². The summed E-state index contributed by atoms with van der Waals surface area (Å²) < 4.78 is 11.5. The predicted octanol–water partition coefficient (Wildman–Crippen LogP) is 1.67. The fraction of sp³-hybridized carbons (Fsp3) is 1.00. The standard InChI is InChI=1S/C11H21NO2/c1-2-9-13-11(5-1)14-10-4-3-7-12-8-6-10/h10-12H,1-9H2. The average Bonchev–Trinajstić information content (AvgIpc) is 2.48. The maximum atomic E-state index is 5.95. The summed E-state index contributed by atoms with van der Waals surface area (Å²) in [6.45, 7) is 3.12. The summed E-state index contributed by atoms with van der Waals surface area (Å²) in [4.78, 5) is 0. The molecule has 82 valence electrons. The van der Waals surface area contributed by atoms with Crippen molar-refractivity contribution in [3.8, 4) is 0 Å². The first-order chi connectivity index (χ1) is 6.95. The quantitative estimate of drug-likeness (QED) is 0.734. The molecular weight excluding hydrogens is 178 g/mol. The van der Waals surface area contributed by atoms with Gasteiger partial charge in [-0.1, -0.05) is 0 Å². The Labute approximate surface area is 86.2 Å². The van der Waals surface area contributed by atoms with Gasteiger partial charge in [-0.3, -0.25) is 0 Å². The normalized spacial score (nSPS) is 35.1. The average molecular weight is 199 g/mol. The molecule has 0 bridgehead atoms. The molecular formula is C11H21NO2. The van der Waals surface area contributed by atoms with Crippen LogP contribution in [-0.2, 0) is 9.47 Å². The van der Waals surface area contributed by atoms with Gasteiger partial charge in [0.15, 0.2) is 6.29 Å². The third-order valence-corrected chi connectivity index (χ3v) is 3.00. The van der Waals surface area contributed by atoms with Gasteiger partial charge in [0.25, 0.3) is 0 Å². The Bertz CT molecular complexity index is 149. The van der Waals surface area contributed by atoms with Crippen LogP contribution in [0.25, 0.3) is 0 Å². The first kappa shape index (κ1) is 10.4. The van der Waals surface area contributed by atoms with Gasteiger partial charge in [-0.05, 0) is 51.6 Å². The second-order valence-electron chi connectivity index (χ2n) is 4.24. The molecule has 0 aromatic heterocycles. The van der Waals surface area contributed by atoms with E-state index in [1.165, 1.54) is 25.7 Å². The SMILES string of the molecule is C1CCC(OC2CCCNCC2)OC1. The molecule has 0 saturated carbocycles. The van der Waals surface area contributed by atoms with Crippen LogP contribution in [0.5, 0.6) is 0 Å². The molecule has 2 rings (SSSR count). The third-order valence-electron chi connectivity index (χ3n) is 3.00. The highest BCUT2D eigenvalue weighted by Gasteiger charge is 2.20. The van der Waals surface area contributed by atoms with Crippen molar-refractivity contribution in [2.24, 2.45) is 0 Å². The van der Waals surface area contributed by atoms with E-state index in [4.69, 9.17) is 9.47 Å². The summed E-state index contributed by atoms with van der Waals surface area (Å²) in [5.74, 6) is 0. The monoisotopic (exact) mass is 199 g/mol. The number of nitrogens with one attached hydrogen (secondary N) is 1. The van der Waals surface area contributed by atoms with E-state index in [0.717, 1.165) is 32.5 Å². The Balaban J connectivity index is 1.71. The van der Waals surface area contributed by atoms with Crippen molar-refractivity contribution in [1.29, 1.82) is 0 Å². The smallest absolute Gasteiger partial charge is 0.157 e. The molecule has 0 aliphatic carbocycles. The molecule has 3 nitrogen and oxygen atoms in total. The molecule has 3 heteroatoms. The summed E-state index contributed by atoms with van der Waals surface area (Å²) >= 11 is 0. The molecule has 14 heavy (non-hydrogen) atoms. The summed E-state index contributed by atoms with van der Waals surface area (Å²) in [7, 11) is 0. The van der Waals surface area contributed by atoms with Crippen molar-refractivity contribution < 1.29 is 9.47 Å². The van der Waals surface area contributed by atoms with E-state index in [9.17, 15) is 0 Å². The van der Waals surface area contributed by atoms with Gasteiger partial charge >= 0.3 is 0 Å². The van der Waals surface area contributed by atoms with Gasteiger partial charge in [0.05, 0.1) is 6.10 Å². The van der Waals surface area contributed by atoms with Crippen molar-refractivity contribution in [2.75, 3.05) is 19.7 Å². The maximum Gasteiger partial charge on any atom is 0.157 e. The lowest BCUT2D eigenvalue weighted by Crippen LogP contribution is -2.28. The van der Waals surface area contributed by atoms with Crippen LogP contribution < -0.4 is 5.32 Å². The van der Waals surface area contributed by atoms with Gasteiger partial charge in [0.1, 0.15) is 0 Å². The van der Waals surface area contributed by atoms with Crippen molar-refractivity contribution in [3.05, 3.63) is 0 Å². The van der Waals surface area contributed by atoms with Crippen LogP contribution in [-0.4, -0.2) is 32.1 Å². The molecule has 1 N–H and O–H groups in total.